The van der Waals surface area contributed by atoms with E-state index < -0.39 is 0 Å². The van der Waals surface area contributed by atoms with E-state index in [1.165, 1.54) is 51.4 Å². The van der Waals surface area contributed by atoms with E-state index in [4.69, 9.17) is 0 Å². The van der Waals surface area contributed by atoms with E-state index in [1.807, 2.05) is 0 Å². The Morgan fingerprint density at radius 1 is 0.905 bits per heavy atom. The molecule has 4 saturated carbocycles. The van der Waals surface area contributed by atoms with Crippen molar-refractivity contribution in [1.82, 2.24) is 0 Å². The SMILES string of the molecule is CC1C(=O)C[C@H]2[C@@H]3CCC4CCCC[C@]4(C)[C@H]3CC[C@]12C. The molecule has 0 bridgehead atoms. The van der Waals surface area contributed by atoms with Crippen molar-refractivity contribution in [3.05, 3.63) is 0 Å². The molecule has 0 saturated heterocycles. The van der Waals surface area contributed by atoms with Crippen LogP contribution in [-0.2, 0) is 4.79 Å². The molecule has 0 aromatic heterocycles. The molecule has 0 aliphatic heterocycles. The Morgan fingerprint density at radius 2 is 1.71 bits per heavy atom. The van der Waals surface area contributed by atoms with Crippen LogP contribution in [0, 0.1) is 40.4 Å². The summed E-state index contributed by atoms with van der Waals surface area (Å²) in [6, 6.07) is 0. The van der Waals surface area contributed by atoms with Gasteiger partial charge in [0.15, 0.2) is 0 Å². The first-order chi connectivity index (χ1) is 9.97. The Morgan fingerprint density at radius 3 is 2.52 bits per heavy atom. The Hall–Kier alpha value is -0.330. The average molecular weight is 288 g/mol. The highest BCUT2D eigenvalue weighted by molar-refractivity contribution is 5.84. The average Bonchev–Trinajstić information content (AvgIpc) is 2.70. The fraction of sp³-hybridized carbons (Fsp3) is 0.950. The summed E-state index contributed by atoms with van der Waals surface area (Å²) >= 11 is 0. The van der Waals surface area contributed by atoms with Crippen LogP contribution in [0.3, 0.4) is 0 Å². The van der Waals surface area contributed by atoms with E-state index in [0.29, 0.717) is 28.4 Å². The van der Waals surface area contributed by atoms with Gasteiger partial charge in [-0.1, -0.05) is 33.6 Å². The minimum absolute atomic E-state index is 0.320. The first-order valence-corrected chi connectivity index (χ1v) is 9.49. The number of Topliss-reactive ketones (excluding diaryl/α,β-unsaturated/α-hetero) is 1. The van der Waals surface area contributed by atoms with Crippen molar-refractivity contribution in [2.75, 3.05) is 0 Å². The number of hydrogen-bond acceptors (Lipinski definition) is 1. The summed E-state index contributed by atoms with van der Waals surface area (Å²) < 4.78 is 0. The summed E-state index contributed by atoms with van der Waals surface area (Å²) in [7, 11) is 0. The van der Waals surface area contributed by atoms with Gasteiger partial charge in [-0.3, -0.25) is 4.79 Å². The molecular formula is C20H32O. The number of carbonyl (C=O) groups is 1. The minimum atomic E-state index is 0.320. The van der Waals surface area contributed by atoms with Crippen LogP contribution < -0.4 is 0 Å². The van der Waals surface area contributed by atoms with Gasteiger partial charge < -0.3 is 0 Å². The number of fused-ring (bicyclic) bond motifs is 5. The van der Waals surface area contributed by atoms with Crippen molar-refractivity contribution < 1.29 is 4.79 Å². The standard InChI is InChI=1S/C20H32O/c1-13-18(21)12-17-15-8-7-14-6-4-5-10-20(14,3)16(15)9-11-19(13,17)2/h13-17H,4-12H2,1-3H3/t13?,14?,15-,16+,17+,19-,20+/m1/s1. The van der Waals surface area contributed by atoms with E-state index in [9.17, 15) is 4.79 Å². The molecule has 4 aliphatic carbocycles. The number of carbonyl (C=O) groups excluding carboxylic acids is 1. The van der Waals surface area contributed by atoms with E-state index in [0.717, 1.165) is 24.2 Å². The van der Waals surface area contributed by atoms with Crippen molar-refractivity contribution in [2.45, 2.75) is 78.6 Å². The first kappa shape index (κ1) is 14.3. The maximum Gasteiger partial charge on any atom is 0.136 e. The van der Waals surface area contributed by atoms with E-state index in [1.54, 1.807) is 0 Å². The van der Waals surface area contributed by atoms with Crippen LogP contribution in [0.1, 0.15) is 78.6 Å². The molecule has 4 rings (SSSR count). The molecule has 2 unspecified atom stereocenters. The fourth-order valence-corrected chi connectivity index (χ4v) is 7.33. The lowest BCUT2D eigenvalue weighted by Gasteiger charge is -2.60. The zero-order valence-electron chi connectivity index (χ0n) is 14.2. The summed E-state index contributed by atoms with van der Waals surface area (Å²) in [5.74, 6) is 4.37. The van der Waals surface area contributed by atoms with Gasteiger partial charge in [-0.15, -0.1) is 0 Å². The lowest BCUT2D eigenvalue weighted by molar-refractivity contribution is -0.122. The Labute approximate surface area is 130 Å². The molecule has 0 radical (unpaired) electrons. The second-order valence-electron chi connectivity index (χ2n) is 9.34. The molecule has 4 aliphatic rings. The van der Waals surface area contributed by atoms with Crippen molar-refractivity contribution in [3.8, 4) is 0 Å². The maximum atomic E-state index is 12.4. The van der Waals surface area contributed by atoms with Gasteiger partial charge in [-0.2, -0.15) is 0 Å². The summed E-state index contributed by atoms with van der Waals surface area (Å²) in [5.41, 5.74) is 0.938. The molecule has 118 valence electrons. The zero-order chi connectivity index (χ0) is 14.8. The van der Waals surface area contributed by atoms with Gasteiger partial charge in [-0.25, -0.2) is 0 Å². The highest BCUT2D eigenvalue weighted by atomic mass is 16.1. The van der Waals surface area contributed by atoms with Crippen LogP contribution in [0.2, 0.25) is 0 Å². The monoisotopic (exact) mass is 288 g/mol. The largest absolute Gasteiger partial charge is 0.299 e. The van der Waals surface area contributed by atoms with Gasteiger partial charge in [0.1, 0.15) is 5.78 Å². The van der Waals surface area contributed by atoms with Crippen LogP contribution in [0.15, 0.2) is 0 Å². The summed E-state index contributed by atoms with van der Waals surface area (Å²) in [6.07, 6.45) is 12.4. The molecule has 1 nitrogen and oxygen atoms in total. The molecule has 7 atom stereocenters. The molecule has 4 fully saturated rings. The van der Waals surface area contributed by atoms with Crippen LogP contribution >= 0.6 is 0 Å². The first-order valence-electron chi connectivity index (χ1n) is 9.49. The molecule has 21 heavy (non-hydrogen) atoms. The third kappa shape index (κ3) is 1.78. The van der Waals surface area contributed by atoms with Gasteiger partial charge in [0, 0.05) is 12.3 Å². The normalized spacial score (nSPS) is 56.5. The van der Waals surface area contributed by atoms with Crippen LogP contribution in [-0.4, -0.2) is 5.78 Å². The summed E-state index contributed by atoms with van der Waals surface area (Å²) in [6.45, 7) is 7.28. The van der Waals surface area contributed by atoms with Crippen LogP contribution in [0.25, 0.3) is 0 Å². The van der Waals surface area contributed by atoms with Crippen molar-refractivity contribution in [3.63, 3.8) is 0 Å². The van der Waals surface area contributed by atoms with E-state index in [-0.39, 0.29) is 0 Å². The van der Waals surface area contributed by atoms with Gasteiger partial charge >= 0.3 is 0 Å². The number of rotatable bonds is 0. The number of hydrogen-bond donors (Lipinski definition) is 0. The quantitative estimate of drug-likeness (QED) is 0.596. The third-order valence-electron chi connectivity index (χ3n) is 8.91. The van der Waals surface area contributed by atoms with Gasteiger partial charge in [0.2, 0.25) is 0 Å². The molecule has 1 heteroatoms. The minimum Gasteiger partial charge on any atom is -0.299 e. The van der Waals surface area contributed by atoms with Crippen LogP contribution in [0.5, 0.6) is 0 Å². The fourth-order valence-electron chi connectivity index (χ4n) is 7.33. The molecule has 0 heterocycles. The molecule has 0 N–H and O–H groups in total. The predicted molar refractivity (Wildman–Crippen MR) is 85.9 cm³/mol. The third-order valence-corrected chi connectivity index (χ3v) is 8.91. The highest BCUT2D eigenvalue weighted by Gasteiger charge is 2.60. The highest BCUT2D eigenvalue weighted by Crippen LogP contribution is 2.66. The van der Waals surface area contributed by atoms with E-state index >= 15 is 0 Å². The van der Waals surface area contributed by atoms with Gasteiger partial charge in [0.05, 0.1) is 0 Å². The zero-order valence-corrected chi connectivity index (χ0v) is 14.2. The molecule has 0 amide bonds. The second-order valence-corrected chi connectivity index (χ2v) is 9.34. The van der Waals surface area contributed by atoms with Crippen molar-refractivity contribution in [1.29, 1.82) is 0 Å². The number of ketones is 1. The predicted octanol–water partition coefficient (Wildman–Crippen LogP) is 5.23. The van der Waals surface area contributed by atoms with Gasteiger partial charge in [0.25, 0.3) is 0 Å². The van der Waals surface area contributed by atoms with Crippen molar-refractivity contribution >= 4 is 5.78 Å². The summed E-state index contributed by atoms with van der Waals surface area (Å²) in [5, 5.41) is 0. The lowest BCUT2D eigenvalue weighted by atomic mass is 9.45. The maximum absolute atomic E-state index is 12.4. The molecule has 0 aromatic carbocycles. The smallest absolute Gasteiger partial charge is 0.136 e. The Balaban J connectivity index is 1.67. The van der Waals surface area contributed by atoms with Crippen LogP contribution in [0.4, 0.5) is 0 Å². The topological polar surface area (TPSA) is 17.1 Å². The molecular weight excluding hydrogens is 256 g/mol. The van der Waals surface area contributed by atoms with E-state index in [2.05, 4.69) is 20.8 Å². The Kier molecular flexibility index (Phi) is 3.12. The summed E-state index contributed by atoms with van der Waals surface area (Å²) in [4.78, 5) is 12.4. The lowest BCUT2D eigenvalue weighted by Crippen LogP contribution is -2.52. The van der Waals surface area contributed by atoms with Crippen molar-refractivity contribution in [2.24, 2.45) is 40.4 Å². The molecule has 0 spiro atoms. The molecule has 0 aromatic rings. The second kappa shape index (κ2) is 4.59. The Bertz CT molecular complexity index is 455. The van der Waals surface area contributed by atoms with Gasteiger partial charge in [-0.05, 0) is 73.0 Å².